The average Bonchev–Trinajstić information content (AvgIpc) is 3.67. The largest absolute Gasteiger partial charge is 0.508 e. The van der Waals surface area contributed by atoms with E-state index < -0.39 is 135 Å². The standard InChI is InChI=1S/C46H74N6O14/c1-5-27(2)18-28(3)12-10-8-6-7-9-11-13-38(58)49-35-21-37(57)46(66)50-45(65)36-20-33(56)26-52(36)40(60)23-47-43(63)34(42(62)41(61)30-14-16-31(54)17-15-30)19-32(55)25-51(24-29(4)53)39(59)22-48-44(35)64/h14-17,27-29,33-37,41-42,46,53-54,56-57,61-62,66H,5-13,18-26H2,1-4H3,(H,47,63)(H,48,64)(H,49,58)(H,50,65)/t27?,28?,29-,33?,34+,35+,36+,37-,41?,42+,46-/m1/s1. The molecule has 2 heterocycles. The summed E-state index contributed by atoms with van der Waals surface area (Å²) >= 11 is 0. The number of carbonyl (C=O) groups is 7. The van der Waals surface area contributed by atoms with Crippen molar-refractivity contribution >= 4 is 41.2 Å². The van der Waals surface area contributed by atoms with Crippen LogP contribution in [0.15, 0.2) is 24.3 Å². The number of hydrogen-bond acceptors (Lipinski definition) is 14. The molecule has 2 fully saturated rings. The molecule has 0 bridgehead atoms. The SMILES string of the molecule is CCC(C)CC(C)CCCCCCCCC(=O)N[C@H]1C[C@@H](O)[C@@H](O)NC(=O)[C@@H]2CC(O)CN2C(=O)CNC(=O)[C@H]([C@H](O)C(O)c2ccc(O)cc2)CC(=O)CN(C[C@@H](C)O)C(=O)CNC1=O. The van der Waals surface area contributed by atoms with Gasteiger partial charge in [-0.05, 0) is 49.3 Å². The Balaban J connectivity index is 1.81. The molecule has 0 aromatic heterocycles. The number of phenols is 1. The highest BCUT2D eigenvalue weighted by Crippen LogP contribution is 2.27. The number of phenolic OH excluding ortho intramolecular Hbond substituents is 1. The number of aliphatic hydroxyl groups is 6. The molecule has 11 atom stereocenters. The van der Waals surface area contributed by atoms with Gasteiger partial charge in [0.25, 0.3) is 0 Å². The van der Waals surface area contributed by atoms with Gasteiger partial charge in [-0.15, -0.1) is 0 Å². The van der Waals surface area contributed by atoms with E-state index in [1.54, 1.807) is 0 Å². The van der Waals surface area contributed by atoms with Crippen LogP contribution in [0.2, 0.25) is 0 Å². The van der Waals surface area contributed by atoms with Crippen molar-refractivity contribution in [3.63, 3.8) is 0 Å². The lowest BCUT2D eigenvalue weighted by Crippen LogP contribution is -2.55. The lowest BCUT2D eigenvalue weighted by Gasteiger charge is -2.29. The van der Waals surface area contributed by atoms with Crippen LogP contribution in [0.5, 0.6) is 5.75 Å². The zero-order valence-corrected chi connectivity index (χ0v) is 38.8. The van der Waals surface area contributed by atoms with E-state index in [-0.39, 0.29) is 30.7 Å². The number of aliphatic hydroxyl groups excluding tert-OH is 6. The molecule has 0 aliphatic carbocycles. The number of nitrogens with one attached hydrogen (secondary N) is 4. The van der Waals surface area contributed by atoms with Crippen LogP contribution in [0.25, 0.3) is 0 Å². The van der Waals surface area contributed by atoms with Gasteiger partial charge >= 0.3 is 0 Å². The van der Waals surface area contributed by atoms with Gasteiger partial charge in [0.2, 0.25) is 35.4 Å². The fourth-order valence-electron chi connectivity index (χ4n) is 8.35. The normalized spacial score (nSPS) is 25.7. The van der Waals surface area contributed by atoms with E-state index in [0.717, 1.165) is 41.9 Å². The van der Waals surface area contributed by atoms with Crippen molar-refractivity contribution in [2.45, 2.75) is 160 Å². The summed E-state index contributed by atoms with van der Waals surface area (Å²) in [5.74, 6) is -6.76. The number of β-amino-alcohol motifs (C(OH)–C–C–N with tert-alkyl or cyclic N) is 1. The van der Waals surface area contributed by atoms with Gasteiger partial charge in [-0.3, -0.25) is 33.6 Å². The van der Waals surface area contributed by atoms with Gasteiger partial charge < -0.3 is 66.8 Å². The van der Waals surface area contributed by atoms with Crippen molar-refractivity contribution in [1.82, 2.24) is 31.1 Å². The highest BCUT2D eigenvalue weighted by molar-refractivity contribution is 5.95. The Morgan fingerprint density at radius 3 is 2.08 bits per heavy atom. The molecule has 2 aliphatic rings. The summed E-state index contributed by atoms with van der Waals surface area (Å²) in [6, 6.07) is 2.04. The number of aromatic hydroxyl groups is 1. The van der Waals surface area contributed by atoms with Gasteiger partial charge in [0.15, 0.2) is 12.0 Å². The number of Topliss-reactive ketones (excluding diaryl/α,β-unsaturated/α-hetero) is 1. The van der Waals surface area contributed by atoms with E-state index in [4.69, 9.17) is 0 Å². The molecule has 1 aromatic rings. The highest BCUT2D eigenvalue weighted by Gasteiger charge is 2.41. The molecule has 20 nitrogen and oxygen atoms in total. The Hall–Kier alpha value is -4.73. The monoisotopic (exact) mass is 935 g/mol. The maximum Gasteiger partial charge on any atom is 0.244 e. The summed E-state index contributed by atoms with van der Waals surface area (Å²) in [4.78, 5) is 96.3. The van der Waals surface area contributed by atoms with Gasteiger partial charge in [0.05, 0.1) is 43.9 Å². The summed E-state index contributed by atoms with van der Waals surface area (Å²) in [5.41, 5.74) is 0.0564. The zero-order valence-electron chi connectivity index (χ0n) is 38.8. The molecule has 20 heteroatoms. The predicted molar refractivity (Wildman–Crippen MR) is 239 cm³/mol. The van der Waals surface area contributed by atoms with Crippen LogP contribution in [-0.4, -0.2) is 162 Å². The number of amides is 6. The minimum absolute atomic E-state index is 0.0290. The molecule has 0 spiro atoms. The van der Waals surface area contributed by atoms with Crippen LogP contribution in [0.1, 0.15) is 123 Å². The minimum atomic E-state index is -2.05. The van der Waals surface area contributed by atoms with Crippen molar-refractivity contribution in [2.24, 2.45) is 17.8 Å². The molecular formula is C46H74N6O14. The number of benzene rings is 1. The second-order valence-electron chi connectivity index (χ2n) is 18.3. The van der Waals surface area contributed by atoms with Crippen LogP contribution in [0.3, 0.4) is 0 Å². The Labute approximate surface area is 386 Å². The number of nitrogens with zero attached hydrogens (tertiary/aromatic N) is 2. The number of hydrogen-bond donors (Lipinski definition) is 11. The molecule has 0 radical (unpaired) electrons. The van der Waals surface area contributed by atoms with Crippen molar-refractivity contribution in [2.75, 3.05) is 32.7 Å². The number of rotatable bonds is 18. The maximum atomic E-state index is 13.7. The third kappa shape index (κ3) is 18.5. The lowest BCUT2D eigenvalue weighted by atomic mass is 9.88. The van der Waals surface area contributed by atoms with E-state index in [1.807, 2.05) is 0 Å². The van der Waals surface area contributed by atoms with Crippen molar-refractivity contribution in [3.8, 4) is 5.75 Å². The van der Waals surface area contributed by atoms with E-state index >= 15 is 0 Å². The average molecular weight is 935 g/mol. The topological polar surface area (TPSA) is 316 Å². The van der Waals surface area contributed by atoms with E-state index in [1.165, 1.54) is 50.5 Å². The summed E-state index contributed by atoms with van der Waals surface area (Å²) in [7, 11) is 0. The second-order valence-corrected chi connectivity index (χ2v) is 18.3. The molecule has 3 rings (SSSR count). The third-order valence-corrected chi connectivity index (χ3v) is 12.3. The molecule has 4 unspecified atom stereocenters. The number of ketones is 1. The molecule has 6 amide bonds. The fraction of sp³-hybridized carbons (Fsp3) is 0.717. The lowest BCUT2D eigenvalue weighted by molar-refractivity contribution is -0.143. The fourth-order valence-corrected chi connectivity index (χ4v) is 8.35. The van der Waals surface area contributed by atoms with Crippen LogP contribution < -0.4 is 21.3 Å². The second kappa shape index (κ2) is 27.8. The minimum Gasteiger partial charge on any atom is -0.508 e. The van der Waals surface area contributed by atoms with Gasteiger partial charge in [-0.1, -0.05) is 77.8 Å². The Kier molecular flexibility index (Phi) is 23.4. The Bertz CT molecular complexity index is 1750. The summed E-state index contributed by atoms with van der Waals surface area (Å²) in [6.07, 6.45) is -2.89. The Morgan fingerprint density at radius 1 is 0.803 bits per heavy atom. The summed E-state index contributed by atoms with van der Waals surface area (Å²) in [5, 5.41) is 84.0. The quantitative estimate of drug-likeness (QED) is 0.0839. The molecule has 66 heavy (non-hydrogen) atoms. The van der Waals surface area contributed by atoms with Gasteiger partial charge in [0, 0.05) is 38.8 Å². The molecule has 11 N–H and O–H groups in total. The van der Waals surface area contributed by atoms with Gasteiger partial charge in [-0.2, -0.15) is 0 Å². The first kappa shape index (κ1) is 55.6. The maximum absolute atomic E-state index is 13.7. The number of carbonyl (C=O) groups excluding carboxylic acids is 7. The molecule has 372 valence electrons. The van der Waals surface area contributed by atoms with Crippen molar-refractivity contribution in [3.05, 3.63) is 29.8 Å². The van der Waals surface area contributed by atoms with Crippen LogP contribution in [0.4, 0.5) is 0 Å². The summed E-state index contributed by atoms with van der Waals surface area (Å²) < 4.78 is 0. The van der Waals surface area contributed by atoms with Gasteiger partial charge in [-0.25, -0.2) is 0 Å². The van der Waals surface area contributed by atoms with Crippen LogP contribution in [0, 0.1) is 17.8 Å². The molecule has 2 saturated heterocycles. The van der Waals surface area contributed by atoms with Crippen molar-refractivity contribution in [1.29, 1.82) is 0 Å². The van der Waals surface area contributed by atoms with E-state index in [9.17, 15) is 69.3 Å². The third-order valence-electron chi connectivity index (χ3n) is 12.3. The van der Waals surface area contributed by atoms with E-state index in [2.05, 4.69) is 42.0 Å². The number of fused-ring (bicyclic) bond motifs is 1. The first-order chi connectivity index (χ1) is 31.2. The predicted octanol–water partition coefficient (Wildman–Crippen LogP) is -0.357. The summed E-state index contributed by atoms with van der Waals surface area (Å²) in [6.45, 7) is 4.97. The Morgan fingerprint density at radius 2 is 1.42 bits per heavy atom. The van der Waals surface area contributed by atoms with Crippen molar-refractivity contribution < 1.29 is 69.3 Å². The van der Waals surface area contributed by atoms with Gasteiger partial charge in [0.1, 0.15) is 30.0 Å². The zero-order chi connectivity index (χ0) is 49.1. The first-order valence-electron chi connectivity index (χ1n) is 23.3. The smallest absolute Gasteiger partial charge is 0.244 e. The molecular weight excluding hydrogens is 861 g/mol. The van der Waals surface area contributed by atoms with Crippen LogP contribution >= 0.6 is 0 Å². The number of unbranched alkanes of at least 4 members (excludes halogenated alkanes) is 5. The highest BCUT2D eigenvalue weighted by atomic mass is 16.3. The first-order valence-corrected chi connectivity index (χ1v) is 23.3. The molecule has 0 saturated carbocycles. The molecule has 1 aromatic carbocycles. The van der Waals surface area contributed by atoms with E-state index in [0.29, 0.717) is 18.3 Å². The molecule has 2 aliphatic heterocycles. The van der Waals surface area contributed by atoms with Crippen LogP contribution in [-0.2, 0) is 33.6 Å².